The first-order valence-corrected chi connectivity index (χ1v) is 4.93. The first-order chi connectivity index (χ1) is 7.02. The zero-order valence-electron chi connectivity index (χ0n) is 9.53. The van der Waals surface area contributed by atoms with Gasteiger partial charge in [-0.25, -0.2) is 0 Å². The zero-order valence-corrected chi connectivity index (χ0v) is 9.53. The molecule has 4 N–H and O–H groups in total. The Kier molecular flexibility index (Phi) is 6.44. The molecule has 15 heavy (non-hydrogen) atoms. The second-order valence-corrected chi connectivity index (χ2v) is 3.48. The van der Waals surface area contributed by atoms with E-state index in [0.29, 0.717) is 19.4 Å². The lowest BCUT2D eigenvalue weighted by atomic mass is 10.2. The van der Waals surface area contributed by atoms with Crippen LogP contribution in [0.15, 0.2) is 5.16 Å². The molecular formula is C9H20N4O2. The topological polar surface area (TPSA) is 91.0 Å². The van der Waals surface area contributed by atoms with Crippen molar-refractivity contribution < 1.29 is 10.0 Å². The van der Waals surface area contributed by atoms with Gasteiger partial charge in [0.1, 0.15) is 0 Å². The molecule has 1 amide bonds. The van der Waals surface area contributed by atoms with Gasteiger partial charge in [-0.1, -0.05) is 12.1 Å². The van der Waals surface area contributed by atoms with Crippen molar-refractivity contribution in [3.05, 3.63) is 0 Å². The lowest BCUT2D eigenvalue weighted by molar-refractivity contribution is -0.128. The van der Waals surface area contributed by atoms with Gasteiger partial charge in [0.05, 0.1) is 6.04 Å². The molecule has 6 heteroatoms. The molecule has 0 aliphatic heterocycles. The Morgan fingerprint density at radius 3 is 2.60 bits per heavy atom. The predicted octanol–water partition coefficient (Wildman–Crippen LogP) is -0.421. The van der Waals surface area contributed by atoms with Gasteiger partial charge in [-0.15, -0.1) is 0 Å². The van der Waals surface area contributed by atoms with E-state index in [4.69, 9.17) is 10.9 Å². The number of nitrogens with one attached hydrogen (secondary N) is 1. The van der Waals surface area contributed by atoms with Crippen LogP contribution in [0.5, 0.6) is 0 Å². The molecule has 0 aliphatic rings. The smallest absolute Gasteiger partial charge is 0.223 e. The number of nitrogens with zero attached hydrogens (tertiary/aromatic N) is 2. The summed E-state index contributed by atoms with van der Waals surface area (Å²) in [6.45, 7) is 2.44. The van der Waals surface area contributed by atoms with E-state index in [0.717, 1.165) is 0 Å². The van der Waals surface area contributed by atoms with Gasteiger partial charge in [0.25, 0.3) is 0 Å². The highest BCUT2D eigenvalue weighted by atomic mass is 16.4. The minimum absolute atomic E-state index is 0.0526. The third kappa shape index (κ3) is 5.21. The van der Waals surface area contributed by atoms with E-state index in [1.54, 1.807) is 14.1 Å². The average molecular weight is 216 g/mol. The highest BCUT2D eigenvalue weighted by Gasteiger charge is 2.11. The first-order valence-electron chi connectivity index (χ1n) is 4.93. The summed E-state index contributed by atoms with van der Waals surface area (Å²) >= 11 is 0. The van der Waals surface area contributed by atoms with E-state index in [9.17, 15) is 4.79 Å². The van der Waals surface area contributed by atoms with E-state index < -0.39 is 0 Å². The van der Waals surface area contributed by atoms with Crippen LogP contribution in [-0.2, 0) is 4.79 Å². The van der Waals surface area contributed by atoms with Gasteiger partial charge in [-0.05, 0) is 6.42 Å². The Morgan fingerprint density at radius 1 is 1.60 bits per heavy atom. The lowest BCUT2D eigenvalue weighted by Crippen LogP contribution is -2.42. The number of carbonyl (C=O) groups excluding carboxylic acids is 1. The predicted molar refractivity (Wildman–Crippen MR) is 58.8 cm³/mol. The van der Waals surface area contributed by atoms with Crippen molar-refractivity contribution in [3.63, 3.8) is 0 Å². The maximum atomic E-state index is 11.2. The Hall–Kier alpha value is -1.30. The molecule has 0 radical (unpaired) electrons. The number of amidine groups is 1. The van der Waals surface area contributed by atoms with Crippen LogP contribution in [0.1, 0.15) is 19.8 Å². The quantitative estimate of drug-likeness (QED) is 0.243. The van der Waals surface area contributed by atoms with Gasteiger partial charge >= 0.3 is 0 Å². The third-order valence-corrected chi connectivity index (χ3v) is 2.11. The Balaban J connectivity index is 3.88. The van der Waals surface area contributed by atoms with Crippen LogP contribution in [0.3, 0.4) is 0 Å². The SMILES string of the molecule is CCC(NCCC(=O)N(C)C)C(N)=NO. The van der Waals surface area contributed by atoms with E-state index >= 15 is 0 Å². The molecule has 0 aromatic rings. The molecule has 0 aromatic carbocycles. The molecule has 1 unspecified atom stereocenters. The van der Waals surface area contributed by atoms with Crippen LogP contribution in [0.4, 0.5) is 0 Å². The van der Waals surface area contributed by atoms with E-state index in [1.165, 1.54) is 4.90 Å². The van der Waals surface area contributed by atoms with Gasteiger partial charge in [0, 0.05) is 27.1 Å². The van der Waals surface area contributed by atoms with E-state index in [1.807, 2.05) is 6.92 Å². The van der Waals surface area contributed by atoms with Gasteiger partial charge in [-0.3, -0.25) is 4.79 Å². The zero-order chi connectivity index (χ0) is 11.8. The number of nitrogens with two attached hydrogens (primary N) is 1. The van der Waals surface area contributed by atoms with Crippen molar-refractivity contribution in [3.8, 4) is 0 Å². The largest absolute Gasteiger partial charge is 0.409 e. The van der Waals surface area contributed by atoms with Crippen LogP contribution >= 0.6 is 0 Å². The van der Waals surface area contributed by atoms with Gasteiger partial charge in [-0.2, -0.15) is 0 Å². The van der Waals surface area contributed by atoms with Crippen molar-refractivity contribution >= 4 is 11.7 Å². The van der Waals surface area contributed by atoms with Gasteiger partial charge in [0.2, 0.25) is 5.91 Å². The second-order valence-electron chi connectivity index (χ2n) is 3.48. The molecule has 0 rings (SSSR count). The number of carbonyl (C=O) groups is 1. The minimum atomic E-state index is -0.176. The molecule has 88 valence electrons. The Bertz CT molecular complexity index is 228. The number of rotatable bonds is 6. The molecule has 0 fully saturated rings. The van der Waals surface area contributed by atoms with Gasteiger partial charge in [0.15, 0.2) is 5.84 Å². The molecule has 1 atom stereocenters. The fourth-order valence-corrected chi connectivity index (χ4v) is 1.10. The maximum absolute atomic E-state index is 11.2. The first kappa shape index (κ1) is 13.7. The molecule has 0 aromatic heterocycles. The van der Waals surface area contributed by atoms with Crippen molar-refractivity contribution in [2.45, 2.75) is 25.8 Å². The van der Waals surface area contributed by atoms with Crippen LogP contribution in [-0.4, -0.2) is 48.5 Å². The number of amides is 1. The standard InChI is InChI=1S/C9H20N4O2/c1-4-7(9(10)12-15)11-6-5-8(14)13(2)3/h7,11,15H,4-6H2,1-3H3,(H2,10,12). The normalized spacial score (nSPS) is 13.7. The number of oxime groups is 1. The summed E-state index contributed by atoms with van der Waals surface area (Å²) < 4.78 is 0. The highest BCUT2D eigenvalue weighted by Crippen LogP contribution is 1.92. The van der Waals surface area contributed by atoms with Crippen molar-refractivity contribution in [2.24, 2.45) is 10.9 Å². The maximum Gasteiger partial charge on any atom is 0.223 e. The van der Waals surface area contributed by atoms with Crippen LogP contribution in [0, 0.1) is 0 Å². The summed E-state index contributed by atoms with van der Waals surface area (Å²) in [5.74, 6) is 0.201. The molecular weight excluding hydrogens is 196 g/mol. The summed E-state index contributed by atoms with van der Waals surface area (Å²) in [5.41, 5.74) is 5.45. The summed E-state index contributed by atoms with van der Waals surface area (Å²) in [7, 11) is 3.42. The van der Waals surface area contributed by atoms with Crippen LogP contribution < -0.4 is 11.1 Å². The summed E-state index contributed by atoms with van der Waals surface area (Å²) in [4.78, 5) is 12.8. The summed E-state index contributed by atoms with van der Waals surface area (Å²) in [6, 6.07) is -0.176. The highest BCUT2D eigenvalue weighted by molar-refractivity contribution is 5.85. The van der Waals surface area contributed by atoms with Crippen molar-refractivity contribution in [1.82, 2.24) is 10.2 Å². The fraction of sp³-hybridized carbons (Fsp3) is 0.778. The monoisotopic (exact) mass is 216 g/mol. The summed E-state index contributed by atoms with van der Waals surface area (Å²) in [5, 5.41) is 14.5. The van der Waals surface area contributed by atoms with Crippen LogP contribution in [0.2, 0.25) is 0 Å². The number of hydrogen-bond acceptors (Lipinski definition) is 4. The average Bonchev–Trinajstić information content (AvgIpc) is 2.22. The van der Waals surface area contributed by atoms with Gasteiger partial charge < -0.3 is 21.2 Å². The summed E-state index contributed by atoms with van der Waals surface area (Å²) in [6.07, 6.45) is 1.12. The third-order valence-electron chi connectivity index (χ3n) is 2.11. The molecule has 0 saturated carbocycles. The molecule has 0 aliphatic carbocycles. The molecule has 0 bridgehead atoms. The fourth-order valence-electron chi connectivity index (χ4n) is 1.10. The lowest BCUT2D eigenvalue weighted by Gasteiger charge is -2.16. The molecule has 6 nitrogen and oxygen atoms in total. The van der Waals surface area contributed by atoms with E-state index in [-0.39, 0.29) is 17.8 Å². The molecule has 0 saturated heterocycles. The number of hydrogen-bond donors (Lipinski definition) is 3. The molecule has 0 heterocycles. The van der Waals surface area contributed by atoms with Crippen molar-refractivity contribution in [1.29, 1.82) is 0 Å². The molecule has 0 spiro atoms. The minimum Gasteiger partial charge on any atom is -0.409 e. The van der Waals surface area contributed by atoms with Crippen LogP contribution in [0.25, 0.3) is 0 Å². The Morgan fingerprint density at radius 2 is 2.20 bits per heavy atom. The van der Waals surface area contributed by atoms with Crippen molar-refractivity contribution in [2.75, 3.05) is 20.6 Å². The Labute approximate surface area is 90.1 Å². The van der Waals surface area contributed by atoms with E-state index in [2.05, 4.69) is 10.5 Å². The second kappa shape index (κ2) is 7.05.